The van der Waals surface area contributed by atoms with E-state index in [2.05, 4.69) is 11.1 Å². The molecule has 136 valence electrons. The third-order valence-corrected chi connectivity index (χ3v) is 4.19. The van der Waals surface area contributed by atoms with Crippen LogP contribution in [0.1, 0.15) is 36.0 Å². The van der Waals surface area contributed by atoms with Crippen molar-refractivity contribution in [3.8, 4) is 18.2 Å². The Labute approximate surface area is 153 Å². The van der Waals surface area contributed by atoms with Crippen molar-refractivity contribution in [3.05, 3.63) is 16.7 Å². The fraction of sp³-hybridized carbons (Fsp3) is 0.556. The number of ether oxygens (including phenoxy) is 2. The molecule has 0 aliphatic carbocycles. The lowest BCUT2D eigenvalue weighted by Crippen LogP contribution is -2.31. The lowest BCUT2D eigenvalue weighted by atomic mass is 10.00. The highest BCUT2D eigenvalue weighted by atomic mass is 16.6. The van der Waals surface area contributed by atoms with E-state index in [1.54, 1.807) is 0 Å². The molecule has 2 fully saturated rings. The second kappa shape index (κ2) is 10.2. The molecule has 0 unspecified atom stereocenters. The molecular formula is C18H22N6O2. The van der Waals surface area contributed by atoms with Crippen molar-refractivity contribution in [2.24, 2.45) is 0 Å². The topological polar surface area (TPSA) is 132 Å². The fourth-order valence-corrected chi connectivity index (χ4v) is 2.91. The van der Waals surface area contributed by atoms with Crippen LogP contribution >= 0.6 is 0 Å². The molecule has 3 heterocycles. The smallest absolute Gasteiger partial charge is 0.149 e. The van der Waals surface area contributed by atoms with Crippen molar-refractivity contribution in [3.63, 3.8) is 0 Å². The van der Waals surface area contributed by atoms with Crippen LogP contribution < -0.4 is 10.6 Å². The van der Waals surface area contributed by atoms with Gasteiger partial charge in [-0.15, -0.1) is 0 Å². The summed E-state index contributed by atoms with van der Waals surface area (Å²) in [6.45, 7) is 4.75. The molecule has 26 heavy (non-hydrogen) atoms. The van der Waals surface area contributed by atoms with E-state index >= 15 is 0 Å². The summed E-state index contributed by atoms with van der Waals surface area (Å²) in [6.07, 6.45) is 3.23. The minimum atomic E-state index is -0.0145. The van der Waals surface area contributed by atoms with Gasteiger partial charge < -0.3 is 20.1 Å². The van der Waals surface area contributed by atoms with Crippen LogP contribution in [-0.2, 0) is 15.9 Å². The van der Waals surface area contributed by atoms with Crippen LogP contribution in [0, 0.1) is 34.0 Å². The second-order valence-electron chi connectivity index (χ2n) is 5.88. The van der Waals surface area contributed by atoms with Gasteiger partial charge in [0, 0.05) is 18.7 Å². The van der Waals surface area contributed by atoms with Crippen LogP contribution in [0.15, 0.2) is 0 Å². The molecule has 0 atom stereocenters. The third kappa shape index (κ3) is 4.83. The number of nitrogens with two attached hydrogens (primary N) is 1. The highest BCUT2D eigenvalue weighted by Gasteiger charge is 2.23. The van der Waals surface area contributed by atoms with E-state index in [1.165, 1.54) is 0 Å². The van der Waals surface area contributed by atoms with Crippen molar-refractivity contribution in [1.29, 1.82) is 15.8 Å². The first kappa shape index (κ1) is 19.5. The van der Waals surface area contributed by atoms with Crippen LogP contribution in [0.2, 0.25) is 0 Å². The molecule has 2 N–H and O–H groups in total. The molecule has 0 bridgehead atoms. The number of hydrogen-bond donors (Lipinski definition) is 1. The zero-order valence-electron chi connectivity index (χ0n) is 14.7. The van der Waals surface area contributed by atoms with Gasteiger partial charge in [-0.05, 0) is 19.3 Å². The molecule has 0 saturated carbocycles. The Kier molecular flexibility index (Phi) is 7.64. The SMILES string of the molecule is C1COCCO1.N#CCc1c(C#N)c(N)nc(N2CCCCC2)c1C#N. The summed E-state index contributed by atoms with van der Waals surface area (Å²) in [4.78, 5) is 6.24. The van der Waals surface area contributed by atoms with Gasteiger partial charge in [-0.3, -0.25) is 0 Å². The number of rotatable bonds is 2. The van der Waals surface area contributed by atoms with Crippen LogP contribution in [0.4, 0.5) is 11.6 Å². The minimum Gasteiger partial charge on any atom is -0.383 e. The van der Waals surface area contributed by atoms with Crippen LogP contribution in [0.25, 0.3) is 0 Å². The summed E-state index contributed by atoms with van der Waals surface area (Å²) >= 11 is 0. The Bertz CT molecular complexity index is 722. The third-order valence-electron chi connectivity index (χ3n) is 4.19. The maximum atomic E-state index is 9.39. The Morgan fingerprint density at radius 3 is 1.96 bits per heavy atom. The molecule has 8 nitrogen and oxygen atoms in total. The van der Waals surface area contributed by atoms with E-state index in [4.69, 9.17) is 25.7 Å². The van der Waals surface area contributed by atoms with Crippen LogP contribution in [0.3, 0.4) is 0 Å². The van der Waals surface area contributed by atoms with Gasteiger partial charge in [0.1, 0.15) is 29.3 Å². The Morgan fingerprint density at radius 1 is 0.923 bits per heavy atom. The van der Waals surface area contributed by atoms with E-state index < -0.39 is 0 Å². The number of pyridine rings is 1. The number of piperidine rings is 1. The van der Waals surface area contributed by atoms with Crippen molar-refractivity contribution < 1.29 is 9.47 Å². The number of nitriles is 3. The zero-order chi connectivity index (χ0) is 18.8. The fourth-order valence-electron chi connectivity index (χ4n) is 2.91. The zero-order valence-corrected chi connectivity index (χ0v) is 14.7. The van der Waals surface area contributed by atoms with E-state index in [9.17, 15) is 5.26 Å². The summed E-state index contributed by atoms with van der Waals surface area (Å²) in [5.74, 6) is 0.603. The number of nitrogen functional groups attached to an aromatic ring is 1. The molecule has 3 rings (SSSR count). The van der Waals surface area contributed by atoms with Gasteiger partial charge in [-0.2, -0.15) is 15.8 Å². The van der Waals surface area contributed by atoms with E-state index in [0.717, 1.165) is 58.8 Å². The molecular weight excluding hydrogens is 332 g/mol. The second-order valence-corrected chi connectivity index (χ2v) is 5.88. The molecule has 0 radical (unpaired) electrons. The Morgan fingerprint density at radius 2 is 1.50 bits per heavy atom. The molecule has 0 spiro atoms. The average molecular weight is 354 g/mol. The quantitative estimate of drug-likeness (QED) is 0.845. The highest BCUT2D eigenvalue weighted by molar-refractivity contribution is 5.68. The molecule has 2 saturated heterocycles. The summed E-state index contributed by atoms with van der Waals surface area (Å²) in [7, 11) is 0. The summed E-state index contributed by atoms with van der Waals surface area (Å²) < 4.78 is 9.89. The van der Waals surface area contributed by atoms with Crippen molar-refractivity contribution in [2.45, 2.75) is 25.7 Å². The van der Waals surface area contributed by atoms with E-state index in [-0.39, 0.29) is 17.8 Å². The Balaban J connectivity index is 0.000000342. The molecule has 2 aliphatic rings. The standard InChI is InChI=1S/C14H14N6.C4H8O2/c15-5-4-10-11(8-16)13(18)19-14(12(10)9-17)20-6-2-1-3-7-20;1-2-6-4-3-5-1/h1-4,6-7H2,(H2,18,19);1-4H2. The van der Waals surface area contributed by atoms with Gasteiger partial charge in [0.05, 0.1) is 44.5 Å². The summed E-state index contributed by atoms with van der Waals surface area (Å²) in [6, 6.07) is 6.02. The Hall–Kier alpha value is -2.86. The highest BCUT2D eigenvalue weighted by Crippen LogP contribution is 2.29. The summed E-state index contributed by atoms with van der Waals surface area (Å²) in [5.41, 5.74) is 6.66. The maximum absolute atomic E-state index is 9.39. The number of anilines is 2. The van der Waals surface area contributed by atoms with Gasteiger partial charge in [-0.25, -0.2) is 4.98 Å². The van der Waals surface area contributed by atoms with Gasteiger partial charge in [0.2, 0.25) is 0 Å². The van der Waals surface area contributed by atoms with E-state index in [0.29, 0.717) is 16.9 Å². The first-order valence-corrected chi connectivity index (χ1v) is 8.62. The molecule has 0 amide bonds. The first-order chi connectivity index (χ1) is 12.7. The predicted molar refractivity (Wildman–Crippen MR) is 95.1 cm³/mol. The monoisotopic (exact) mass is 354 g/mol. The molecule has 8 heteroatoms. The normalized spacial score (nSPS) is 16.4. The molecule has 2 aliphatic heterocycles. The summed E-state index contributed by atoms with van der Waals surface area (Å²) in [5, 5.41) is 27.4. The first-order valence-electron chi connectivity index (χ1n) is 8.62. The number of hydrogen-bond acceptors (Lipinski definition) is 8. The minimum absolute atomic E-state index is 0.0145. The van der Waals surface area contributed by atoms with Gasteiger partial charge >= 0.3 is 0 Å². The predicted octanol–water partition coefficient (Wildman–Crippen LogP) is 1.50. The van der Waals surface area contributed by atoms with Crippen LogP contribution in [-0.4, -0.2) is 44.5 Å². The van der Waals surface area contributed by atoms with Crippen molar-refractivity contribution >= 4 is 11.6 Å². The lowest BCUT2D eigenvalue weighted by Gasteiger charge is -2.29. The molecule has 0 aromatic carbocycles. The molecule has 1 aromatic rings. The van der Waals surface area contributed by atoms with E-state index in [1.807, 2.05) is 17.0 Å². The lowest BCUT2D eigenvalue weighted by molar-refractivity contribution is -0.0334. The van der Waals surface area contributed by atoms with Gasteiger partial charge in [-0.1, -0.05) is 0 Å². The van der Waals surface area contributed by atoms with Gasteiger partial charge in [0.15, 0.2) is 0 Å². The average Bonchev–Trinajstić information content (AvgIpc) is 2.70. The molecule has 1 aromatic heterocycles. The maximum Gasteiger partial charge on any atom is 0.149 e. The van der Waals surface area contributed by atoms with Crippen molar-refractivity contribution in [1.82, 2.24) is 4.98 Å². The largest absolute Gasteiger partial charge is 0.383 e. The van der Waals surface area contributed by atoms with Crippen LogP contribution in [0.5, 0.6) is 0 Å². The van der Waals surface area contributed by atoms with Crippen molar-refractivity contribution in [2.75, 3.05) is 50.2 Å². The number of aromatic nitrogens is 1. The van der Waals surface area contributed by atoms with Gasteiger partial charge in [0.25, 0.3) is 0 Å². The number of nitrogens with zero attached hydrogens (tertiary/aromatic N) is 5.